The molecule has 0 aliphatic carbocycles. The van der Waals surface area contributed by atoms with Crippen LogP contribution in [0.4, 0.5) is 0 Å². The minimum atomic E-state index is 0.753. The van der Waals surface area contributed by atoms with E-state index in [0.29, 0.717) is 0 Å². The summed E-state index contributed by atoms with van der Waals surface area (Å²) in [5.74, 6) is 0.753. The van der Waals surface area contributed by atoms with E-state index in [0.717, 1.165) is 22.2 Å². The lowest BCUT2D eigenvalue weighted by molar-refractivity contribution is 0.322. The molecule has 0 aliphatic heterocycles. The molecular weight excluding hydrogens is 192 g/mol. The third-order valence-electron chi connectivity index (χ3n) is 2.18. The highest BCUT2D eigenvalue weighted by Gasteiger charge is 2.01. The van der Waals surface area contributed by atoms with Gasteiger partial charge in [0.25, 0.3) is 0 Å². The first-order valence-corrected chi connectivity index (χ1v) is 4.45. The fraction of sp³-hybridized carbons (Fsp3) is 0.0909. The molecule has 4 nitrogen and oxygen atoms in total. The van der Waals surface area contributed by atoms with Crippen LogP contribution in [-0.4, -0.2) is 23.5 Å². The molecule has 2 aromatic rings. The predicted molar refractivity (Wildman–Crippen MR) is 57.7 cm³/mol. The maximum Gasteiger partial charge on any atom is 0.119 e. The van der Waals surface area contributed by atoms with Gasteiger partial charge in [-0.05, 0) is 24.3 Å². The number of hydrogen-bond acceptors (Lipinski definition) is 4. The third-order valence-corrected chi connectivity index (χ3v) is 2.18. The van der Waals surface area contributed by atoms with Crippen LogP contribution in [0, 0.1) is 0 Å². The molecule has 0 fully saturated rings. The molecule has 1 aromatic carbocycles. The molecule has 2 rings (SSSR count). The molecule has 4 heteroatoms. The number of hydrogen-bond donors (Lipinski definition) is 1. The van der Waals surface area contributed by atoms with Crippen molar-refractivity contribution in [2.75, 3.05) is 7.11 Å². The summed E-state index contributed by atoms with van der Waals surface area (Å²) >= 11 is 0. The monoisotopic (exact) mass is 202 g/mol. The fourth-order valence-corrected chi connectivity index (χ4v) is 1.45. The smallest absolute Gasteiger partial charge is 0.119 e. The zero-order valence-corrected chi connectivity index (χ0v) is 8.21. The lowest BCUT2D eigenvalue weighted by atomic mass is 10.1. The molecule has 0 amide bonds. The Labute approximate surface area is 86.8 Å². The van der Waals surface area contributed by atoms with Gasteiger partial charge in [0.05, 0.1) is 18.8 Å². The van der Waals surface area contributed by atoms with Gasteiger partial charge < -0.3 is 9.94 Å². The quantitative estimate of drug-likeness (QED) is 0.460. The second kappa shape index (κ2) is 3.96. The van der Waals surface area contributed by atoms with E-state index in [1.54, 1.807) is 19.4 Å². The zero-order valence-electron chi connectivity index (χ0n) is 8.21. The standard InChI is InChI=1S/C11H10N2O2/c1-15-9-2-3-11-10(6-9)8(7-13-14)4-5-12-11/h2-7,14H,1H3. The predicted octanol–water partition coefficient (Wildman–Crippen LogP) is 2.05. The van der Waals surface area contributed by atoms with Gasteiger partial charge in [-0.1, -0.05) is 5.16 Å². The largest absolute Gasteiger partial charge is 0.497 e. The SMILES string of the molecule is COc1ccc2nccc(C=NO)c2c1. The van der Waals surface area contributed by atoms with Crippen molar-refractivity contribution >= 4 is 17.1 Å². The number of oxime groups is 1. The van der Waals surface area contributed by atoms with Crippen LogP contribution in [0.2, 0.25) is 0 Å². The lowest BCUT2D eigenvalue weighted by Gasteiger charge is -2.03. The molecule has 1 aromatic heterocycles. The van der Waals surface area contributed by atoms with E-state index in [-0.39, 0.29) is 0 Å². The molecule has 0 bridgehead atoms. The number of pyridine rings is 1. The molecular formula is C11H10N2O2. The molecule has 0 spiro atoms. The van der Waals surface area contributed by atoms with Gasteiger partial charge in [-0.3, -0.25) is 4.98 Å². The van der Waals surface area contributed by atoms with Gasteiger partial charge in [-0.25, -0.2) is 0 Å². The Balaban J connectivity index is 2.70. The molecule has 0 aliphatic rings. The Kier molecular flexibility index (Phi) is 2.49. The molecule has 1 heterocycles. The van der Waals surface area contributed by atoms with Crippen LogP contribution in [-0.2, 0) is 0 Å². The Morgan fingerprint density at radius 2 is 2.27 bits per heavy atom. The van der Waals surface area contributed by atoms with Crippen molar-refractivity contribution in [3.05, 3.63) is 36.0 Å². The minimum absolute atomic E-state index is 0.753. The van der Waals surface area contributed by atoms with Gasteiger partial charge in [0.15, 0.2) is 0 Å². The van der Waals surface area contributed by atoms with Crippen molar-refractivity contribution < 1.29 is 9.94 Å². The molecule has 0 unspecified atom stereocenters. The number of benzene rings is 1. The highest BCUT2D eigenvalue weighted by molar-refractivity contribution is 5.98. The maximum atomic E-state index is 8.52. The van der Waals surface area contributed by atoms with E-state index in [1.165, 1.54) is 6.21 Å². The van der Waals surface area contributed by atoms with Gasteiger partial charge in [0.1, 0.15) is 5.75 Å². The molecule has 0 saturated carbocycles. The molecule has 15 heavy (non-hydrogen) atoms. The summed E-state index contributed by atoms with van der Waals surface area (Å²) in [5.41, 5.74) is 1.65. The van der Waals surface area contributed by atoms with Crippen molar-refractivity contribution in [1.82, 2.24) is 4.98 Å². The third kappa shape index (κ3) is 1.74. The number of aromatic nitrogens is 1. The number of fused-ring (bicyclic) bond motifs is 1. The van der Waals surface area contributed by atoms with Gasteiger partial charge in [0.2, 0.25) is 0 Å². The number of ether oxygens (including phenoxy) is 1. The fourth-order valence-electron chi connectivity index (χ4n) is 1.45. The summed E-state index contributed by atoms with van der Waals surface area (Å²) in [6, 6.07) is 7.35. The second-order valence-corrected chi connectivity index (χ2v) is 3.03. The summed E-state index contributed by atoms with van der Waals surface area (Å²) in [4.78, 5) is 4.20. The number of methoxy groups -OCH3 is 1. The van der Waals surface area contributed by atoms with Gasteiger partial charge in [-0.15, -0.1) is 0 Å². The van der Waals surface area contributed by atoms with Crippen molar-refractivity contribution in [2.24, 2.45) is 5.16 Å². The van der Waals surface area contributed by atoms with Gasteiger partial charge in [-0.2, -0.15) is 0 Å². The Bertz CT molecular complexity index is 509. The summed E-state index contributed by atoms with van der Waals surface area (Å²) in [6.07, 6.45) is 3.05. The summed E-state index contributed by atoms with van der Waals surface area (Å²) in [5, 5.41) is 12.4. The maximum absolute atomic E-state index is 8.52. The summed E-state index contributed by atoms with van der Waals surface area (Å²) in [6.45, 7) is 0. The Hall–Kier alpha value is -2.10. The minimum Gasteiger partial charge on any atom is -0.497 e. The van der Waals surface area contributed by atoms with Crippen LogP contribution in [0.1, 0.15) is 5.56 Å². The molecule has 0 saturated heterocycles. The lowest BCUT2D eigenvalue weighted by Crippen LogP contribution is -1.89. The van der Waals surface area contributed by atoms with Gasteiger partial charge >= 0.3 is 0 Å². The zero-order chi connectivity index (χ0) is 10.7. The van der Waals surface area contributed by atoms with Crippen molar-refractivity contribution in [3.63, 3.8) is 0 Å². The van der Waals surface area contributed by atoms with E-state index in [1.807, 2.05) is 18.2 Å². The molecule has 1 N–H and O–H groups in total. The van der Waals surface area contributed by atoms with Gasteiger partial charge in [0, 0.05) is 17.1 Å². The van der Waals surface area contributed by atoms with Crippen molar-refractivity contribution in [1.29, 1.82) is 0 Å². The molecule has 76 valence electrons. The summed E-state index contributed by atoms with van der Waals surface area (Å²) < 4.78 is 5.12. The molecule has 0 radical (unpaired) electrons. The van der Waals surface area contributed by atoms with E-state index >= 15 is 0 Å². The van der Waals surface area contributed by atoms with Crippen LogP contribution in [0.15, 0.2) is 35.6 Å². The molecule has 0 atom stereocenters. The summed E-state index contributed by atoms with van der Waals surface area (Å²) in [7, 11) is 1.61. The second-order valence-electron chi connectivity index (χ2n) is 3.03. The van der Waals surface area contributed by atoms with Crippen LogP contribution in [0.5, 0.6) is 5.75 Å². The van der Waals surface area contributed by atoms with Crippen LogP contribution in [0.25, 0.3) is 10.9 Å². The van der Waals surface area contributed by atoms with Crippen LogP contribution < -0.4 is 4.74 Å². The first-order valence-electron chi connectivity index (χ1n) is 4.45. The van der Waals surface area contributed by atoms with E-state index < -0.39 is 0 Å². The van der Waals surface area contributed by atoms with Crippen molar-refractivity contribution in [3.8, 4) is 5.75 Å². The number of nitrogens with zero attached hydrogens (tertiary/aromatic N) is 2. The normalized spacial score (nSPS) is 11.0. The average molecular weight is 202 g/mol. The Morgan fingerprint density at radius 3 is 3.00 bits per heavy atom. The topological polar surface area (TPSA) is 54.7 Å². The van der Waals surface area contributed by atoms with Crippen molar-refractivity contribution in [2.45, 2.75) is 0 Å². The van der Waals surface area contributed by atoms with E-state index in [2.05, 4.69) is 10.1 Å². The highest BCUT2D eigenvalue weighted by Crippen LogP contribution is 2.21. The van der Waals surface area contributed by atoms with E-state index in [9.17, 15) is 0 Å². The van der Waals surface area contributed by atoms with E-state index in [4.69, 9.17) is 9.94 Å². The van der Waals surface area contributed by atoms with Crippen LogP contribution >= 0.6 is 0 Å². The highest BCUT2D eigenvalue weighted by atomic mass is 16.5. The average Bonchev–Trinajstić information content (AvgIpc) is 2.29. The van der Waals surface area contributed by atoms with Crippen LogP contribution in [0.3, 0.4) is 0 Å². The first kappa shape index (κ1) is 9.45. The first-order chi connectivity index (χ1) is 7.35. The Morgan fingerprint density at radius 1 is 1.40 bits per heavy atom. The number of rotatable bonds is 2.